The number of carbonyl (C=O) groups excluding carboxylic acids is 1. The second kappa shape index (κ2) is 4.70. The molecule has 4 heteroatoms. The maximum Gasteiger partial charge on any atom is 0.220 e. The number of likely N-dealkylation sites (N-methyl/N-ethyl adjacent to an activating group) is 1. The highest BCUT2D eigenvalue weighted by Crippen LogP contribution is 2.37. The molecule has 1 saturated heterocycles. The lowest BCUT2D eigenvalue weighted by Crippen LogP contribution is -2.48. The first-order chi connectivity index (χ1) is 9.25. The number of nitrogens with one attached hydrogen (secondary N) is 3. The summed E-state index contributed by atoms with van der Waals surface area (Å²) in [6.07, 6.45) is 3.59. The maximum absolute atomic E-state index is 11.8. The van der Waals surface area contributed by atoms with Crippen LogP contribution in [0.3, 0.4) is 0 Å². The normalized spacial score (nSPS) is 23.5. The third-order valence-corrected chi connectivity index (χ3v) is 4.10. The summed E-state index contributed by atoms with van der Waals surface area (Å²) in [5, 5.41) is 7.42. The van der Waals surface area contributed by atoms with Gasteiger partial charge in [-0.1, -0.05) is 18.2 Å². The largest absolute Gasteiger partial charge is 0.361 e. The molecule has 19 heavy (non-hydrogen) atoms. The minimum Gasteiger partial charge on any atom is -0.361 e. The molecule has 1 aliphatic heterocycles. The summed E-state index contributed by atoms with van der Waals surface area (Å²) in [7, 11) is 1.95. The Morgan fingerprint density at radius 1 is 1.37 bits per heavy atom. The van der Waals surface area contributed by atoms with E-state index in [2.05, 4.69) is 40.0 Å². The van der Waals surface area contributed by atoms with Gasteiger partial charge in [0, 0.05) is 42.0 Å². The third-order valence-electron chi connectivity index (χ3n) is 4.10. The van der Waals surface area contributed by atoms with Crippen LogP contribution < -0.4 is 10.6 Å². The molecule has 0 radical (unpaired) electrons. The van der Waals surface area contributed by atoms with E-state index in [-0.39, 0.29) is 11.3 Å². The molecule has 0 saturated carbocycles. The first-order valence-electron chi connectivity index (χ1n) is 6.73. The van der Waals surface area contributed by atoms with E-state index in [4.69, 9.17) is 0 Å². The van der Waals surface area contributed by atoms with E-state index in [0.29, 0.717) is 6.42 Å². The van der Waals surface area contributed by atoms with Crippen LogP contribution in [-0.4, -0.2) is 31.0 Å². The number of amides is 1. The van der Waals surface area contributed by atoms with Crippen LogP contribution in [0.5, 0.6) is 0 Å². The van der Waals surface area contributed by atoms with Crippen LogP contribution in [-0.2, 0) is 10.2 Å². The molecule has 2 aromatic rings. The van der Waals surface area contributed by atoms with Crippen LogP contribution in [0.4, 0.5) is 0 Å². The molecule has 1 amide bonds. The first-order valence-corrected chi connectivity index (χ1v) is 6.73. The molecule has 0 aliphatic carbocycles. The van der Waals surface area contributed by atoms with Crippen LogP contribution in [0.2, 0.25) is 0 Å². The van der Waals surface area contributed by atoms with Crippen molar-refractivity contribution in [3.8, 4) is 0 Å². The van der Waals surface area contributed by atoms with Gasteiger partial charge in [0.1, 0.15) is 0 Å². The van der Waals surface area contributed by atoms with Crippen molar-refractivity contribution in [2.45, 2.75) is 18.3 Å². The second-order valence-electron chi connectivity index (χ2n) is 5.34. The summed E-state index contributed by atoms with van der Waals surface area (Å²) in [6.45, 7) is 1.57. The summed E-state index contributed by atoms with van der Waals surface area (Å²) in [5.74, 6) is 0.145. The highest BCUT2D eigenvalue weighted by Gasteiger charge is 2.38. The van der Waals surface area contributed by atoms with Crippen molar-refractivity contribution >= 4 is 16.8 Å². The van der Waals surface area contributed by atoms with Crippen molar-refractivity contribution < 1.29 is 4.79 Å². The fraction of sp³-hybridized carbons (Fsp3) is 0.400. The van der Waals surface area contributed by atoms with Gasteiger partial charge in [-0.25, -0.2) is 0 Å². The number of H-pyrrole nitrogens is 1. The van der Waals surface area contributed by atoms with Gasteiger partial charge in [-0.2, -0.15) is 0 Å². The lowest BCUT2D eigenvalue weighted by atomic mass is 9.72. The number of fused-ring (bicyclic) bond motifs is 1. The van der Waals surface area contributed by atoms with Crippen molar-refractivity contribution in [3.63, 3.8) is 0 Å². The van der Waals surface area contributed by atoms with Crippen molar-refractivity contribution in [1.29, 1.82) is 0 Å². The lowest BCUT2D eigenvalue weighted by Gasteiger charge is -2.36. The zero-order valence-corrected chi connectivity index (χ0v) is 11.1. The molecule has 2 heterocycles. The molecule has 4 nitrogen and oxygen atoms in total. The molecule has 1 aromatic carbocycles. The molecular weight excluding hydrogens is 238 g/mol. The number of piperidine rings is 1. The predicted molar refractivity (Wildman–Crippen MR) is 76.1 cm³/mol. The van der Waals surface area contributed by atoms with Crippen LogP contribution in [0.25, 0.3) is 10.9 Å². The topological polar surface area (TPSA) is 56.9 Å². The third kappa shape index (κ3) is 2.02. The van der Waals surface area contributed by atoms with E-state index in [1.54, 1.807) is 0 Å². The molecular formula is C15H19N3O. The monoisotopic (exact) mass is 257 g/mol. The van der Waals surface area contributed by atoms with Gasteiger partial charge in [-0.3, -0.25) is 4.79 Å². The summed E-state index contributed by atoms with van der Waals surface area (Å²) >= 11 is 0. The number of aromatic amines is 1. The molecule has 1 unspecified atom stereocenters. The summed E-state index contributed by atoms with van der Waals surface area (Å²) in [4.78, 5) is 15.2. The van der Waals surface area contributed by atoms with Crippen molar-refractivity contribution in [2.75, 3.05) is 20.1 Å². The molecule has 1 fully saturated rings. The molecule has 1 aliphatic rings. The zero-order chi connectivity index (χ0) is 13.3. The quantitative estimate of drug-likeness (QED) is 0.781. The smallest absolute Gasteiger partial charge is 0.220 e. The molecule has 3 N–H and O–H groups in total. The highest BCUT2D eigenvalue weighted by molar-refractivity contribution is 5.86. The van der Waals surface area contributed by atoms with Gasteiger partial charge in [0.15, 0.2) is 0 Å². The number of carbonyl (C=O) groups is 1. The number of benzene rings is 1. The van der Waals surface area contributed by atoms with Gasteiger partial charge in [0.2, 0.25) is 5.91 Å². The Kier molecular flexibility index (Phi) is 3.03. The van der Waals surface area contributed by atoms with E-state index in [9.17, 15) is 4.79 Å². The Labute approximate surface area is 112 Å². The van der Waals surface area contributed by atoms with Crippen molar-refractivity contribution in [3.05, 3.63) is 36.0 Å². The molecule has 0 spiro atoms. The number of aromatic nitrogens is 1. The van der Waals surface area contributed by atoms with Gasteiger partial charge >= 0.3 is 0 Å². The molecule has 1 atom stereocenters. The standard InChI is InChI=1S/C15H19N3O/c1-16-10-15(6-7-17-14(19)8-15)12-9-18-13-5-3-2-4-11(12)13/h2-5,9,16,18H,6-8,10H2,1H3,(H,17,19). The molecule has 100 valence electrons. The second-order valence-corrected chi connectivity index (χ2v) is 5.34. The summed E-state index contributed by atoms with van der Waals surface area (Å²) in [6, 6.07) is 8.29. The Morgan fingerprint density at radius 3 is 3.00 bits per heavy atom. The van der Waals surface area contributed by atoms with Crippen LogP contribution >= 0.6 is 0 Å². The van der Waals surface area contributed by atoms with Crippen LogP contribution in [0.15, 0.2) is 30.5 Å². The van der Waals surface area contributed by atoms with Gasteiger partial charge in [-0.15, -0.1) is 0 Å². The van der Waals surface area contributed by atoms with E-state index in [1.807, 2.05) is 13.1 Å². The number of hydrogen-bond donors (Lipinski definition) is 3. The van der Waals surface area contributed by atoms with E-state index in [0.717, 1.165) is 25.0 Å². The maximum atomic E-state index is 11.8. The van der Waals surface area contributed by atoms with E-state index < -0.39 is 0 Å². The Hall–Kier alpha value is -1.81. The van der Waals surface area contributed by atoms with Crippen molar-refractivity contribution in [2.24, 2.45) is 0 Å². The minimum atomic E-state index is -0.101. The average molecular weight is 257 g/mol. The van der Waals surface area contributed by atoms with Gasteiger partial charge in [0.25, 0.3) is 0 Å². The van der Waals surface area contributed by atoms with E-state index in [1.165, 1.54) is 10.9 Å². The molecule has 1 aromatic heterocycles. The highest BCUT2D eigenvalue weighted by atomic mass is 16.1. The number of hydrogen-bond acceptors (Lipinski definition) is 2. The lowest BCUT2D eigenvalue weighted by molar-refractivity contribution is -0.124. The minimum absolute atomic E-state index is 0.101. The number of rotatable bonds is 3. The Bertz CT molecular complexity index is 600. The predicted octanol–water partition coefficient (Wildman–Crippen LogP) is 1.54. The fourth-order valence-electron chi connectivity index (χ4n) is 3.22. The number of para-hydroxylation sites is 1. The average Bonchev–Trinajstić information content (AvgIpc) is 2.83. The van der Waals surface area contributed by atoms with Crippen LogP contribution in [0.1, 0.15) is 18.4 Å². The SMILES string of the molecule is CNCC1(c2c[nH]c3ccccc23)CCNC(=O)C1. The zero-order valence-electron chi connectivity index (χ0n) is 11.1. The molecule has 3 rings (SSSR count). The summed E-state index contributed by atoms with van der Waals surface area (Å²) in [5.41, 5.74) is 2.29. The van der Waals surface area contributed by atoms with Gasteiger partial charge < -0.3 is 15.6 Å². The van der Waals surface area contributed by atoms with Gasteiger partial charge in [-0.05, 0) is 25.1 Å². The Morgan fingerprint density at radius 2 is 2.21 bits per heavy atom. The van der Waals surface area contributed by atoms with Crippen LogP contribution in [0, 0.1) is 0 Å². The Balaban J connectivity index is 2.11. The fourth-order valence-corrected chi connectivity index (χ4v) is 3.22. The van der Waals surface area contributed by atoms with E-state index >= 15 is 0 Å². The van der Waals surface area contributed by atoms with Gasteiger partial charge in [0.05, 0.1) is 0 Å². The van der Waals surface area contributed by atoms with Crippen molar-refractivity contribution in [1.82, 2.24) is 15.6 Å². The summed E-state index contributed by atoms with van der Waals surface area (Å²) < 4.78 is 0. The first kappa shape index (κ1) is 12.2. The molecule has 0 bridgehead atoms.